The number of sulfonamides is 1. The molecule has 1 heterocycles. The van der Waals surface area contributed by atoms with Gasteiger partial charge in [0, 0.05) is 24.0 Å². The van der Waals surface area contributed by atoms with Gasteiger partial charge in [-0.25, -0.2) is 13.1 Å². The van der Waals surface area contributed by atoms with Crippen LogP contribution < -0.4 is 9.46 Å². The molecule has 5 nitrogen and oxygen atoms in total. The number of ether oxygens (including phenoxy) is 1. The maximum atomic E-state index is 12.8. The van der Waals surface area contributed by atoms with Gasteiger partial charge in [-0.05, 0) is 75.4 Å². The van der Waals surface area contributed by atoms with E-state index in [1.54, 1.807) is 12.1 Å². The van der Waals surface area contributed by atoms with Gasteiger partial charge in [0.2, 0.25) is 10.0 Å². The Morgan fingerprint density at radius 1 is 1.12 bits per heavy atom. The first-order valence-electron chi connectivity index (χ1n) is 8.57. The van der Waals surface area contributed by atoms with Crippen LogP contribution in [0.25, 0.3) is 0 Å². The predicted octanol–water partition coefficient (Wildman–Crippen LogP) is 3.54. The number of hydrogen-bond acceptors (Lipinski definition) is 3. The summed E-state index contributed by atoms with van der Waals surface area (Å²) in [5.41, 5.74) is 5.29. The third-order valence-corrected chi connectivity index (χ3v) is 6.45. The van der Waals surface area contributed by atoms with Gasteiger partial charge in [-0.1, -0.05) is 0 Å². The van der Waals surface area contributed by atoms with Crippen molar-refractivity contribution in [3.8, 4) is 5.75 Å². The van der Waals surface area contributed by atoms with Gasteiger partial charge in [-0.15, -0.1) is 0 Å². The highest BCUT2D eigenvalue weighted by atomic mass is 32.2. The minimum Gasteiger partial charge on any atom is -0.495 e. The highest BCUT2D eigenvalue weighted by Gasteiger charge is 2.27. The summed E-state index contributed by atoms with van der Waals surface area (Å²) in [4.78, 5) is 0.189. The molecular formula is C19H26N2O3S. The largest absolute Gasteiger partial charge is 0.495 e. The molecule has 2 aromatic rings. The zero-order valence-corrected chi connectivity index (χ0v) is 16.3. The third-order valence-electron chi connectivity index (χ3n) is 5.02. The molecule has 6 heteroatoms. The molecule has 1 saturated carbocycles. The summed E-state index contributed by atoms with van der Waals surface area (Å²) < 4.78 is 35.9. The predicted molar refractivity (Wildman–Crippen MR) is 98.7 cm³/mol. The molecule has 0 atom stereocenters. The Balaban J connectivity index is 1.86. The lowest BCUT2D eigenvalue weighted by molar-refractivity contribution is 0.401. The molecule has 1 fully saturated rings. The van der Waals surface area contributed by atoms with Gasteiger partial charge in [0.05, 0.1) is 7.11 Å². The van der Waals surface area contributed by atoms with E-state index >= 15 is 0 Å². The van der Waals surface area contributed by atoms with Crippen molar-refractivity contribution in [2.24, 2.45) is 0 Å². The molecule has 0 amide bonds. The number of nitrogens with one attached hydrogen (secondary N) is 1. The van der Waals surface area contributed by atoms with E-state index in [1.807, 2.05) is 13.8 Å². The SMILES string of the molecule is COc1cc(C)c(C)cc1S(=O)(=O)NCc1cc(C)n(C2CC2)c1C. The van der Waals surface area contributed by atoms with Crippen molar-refractivity contribution in [1.29, 1.82) is 0 Å². The molecule has 1 aliphatic carbocycles. The van der Waals surface area contributed by atoms with Gasteiger partial charge in [-0.3, -0.25) is 0 Å². The van der Waals surface area contributed by atoms with Crippen LogP contribution in [0.3, 0.4) is 0 Å². The molecule has 3 rings (SSSR count). The van der Waals surface area contributed by atoms with E-state index in [-0.39, 0.29) is 11.4 Å². The first kappa shape index (κ1) is 18.0. The summed E-state index contributed by atoms with van der Waals surface area (Å²) in [6.45, 7) is 8.26. The second-order valence-corrected chi connectivity index (χ2v) is 8.64. The highest BCUT2D eigenvalue weighted by molar-refractivity contribution is 7.89. The van der Waals surface area contributed by atoms with Gasteiger partial charge in [-0.2, -0.15) is 0 Å². The molecule has 1 aliphatic rings. The number of rotatable bonds is 6. The van der Waals surface area contributed by atoms with Gasteiger partial charge < -0.3 is 9.30 Å². The summed E-state index contributed by atoms with van der Waals surface area (Å²) in [7, 11) is -2.16. The molecular weight excluding hydrogens is 336 g/mol. The number of aryl methyl sites for hydroxylation is 3. The fourth-order valence-electron chi connectivity index (χ4n) is 3.30. The average Bonchev–Trinajstić information content (AvgIpc) is 3.34. The second kappa shape index (κ2) is 6.50. The summed E-state index contributed by atoms with van der Waals surface area (Å²) in [6.07, 6.45) is 2.42. The first-order chi connectivity index (χ1) is 11.7. The van der Waals surface area contributed by atoms with Crippen LogP contribution in [0.2, 0.25) is 0 Å². The van der Waals surface area contributed by atoms with Crippen molar-refractivity contribution in [3.63, 3.8) is 0 Å². The second-order valence-electron chi connectivity index (χ2n) is 6.91. The molecule has 1 aromatic carbocycles. The van der Waals surface area contributed by atoms with Crippen molar-refractivity contribution in [1.82, 2.24) is 9.29 Å². The van der Waals surface area contributed by atoms with Crippen molar-refractivity contribution in [3.05, 3.63) is 46.3 Å². The van der Waals surface area contributed by atoms with Crippen LogP contribution in [0.15, 0.2) is 23.1 Å². The number of aromatic nitrogens is 1. The topological polar surface area (TPSA) is 60.3 Å². The van der Waals surface area contributed by atoms with Crippen LogP contribution in [0.1, 0.15) is 47.0 Å². The summed E-state index contributed by atoms with van der Waals surface area (Å²) >= 11 is 0. The van der Waals surface area contributed by atoms with Gasteiger partial charge >= 0.3 is 0 Å². The molecule has 25 heavy (non-hydrogen) atoms. The quantitative estimate of drug-likeness (QED) is 0.855. The maximum absolute atomic E-state index is 12.8. The highest BCUT2D eigenvalue weighted by Crippen LogP contribution is 2.38. The smallest absolute Gasteiger partial charge is 0.244 e. The number of benzene rings is 1. The molecule has 0 aliphatic heterocycles. The molecule has 0 radical (unpaired) electrons. The average molecular weight is 362 g/mol. The number of methoxy groups -OCH3 is 1. The molecule has 136 valence electrons. The van der Waals surface area contributed by atoms with E-state index in [1.165, 1.54) is 25.6 Å². The van der Waals surface area contributed by atoms with Crippen molar-refractivity contribution < 1.29 is 13.2 Å². The van der Waals surface area contributed by atoms with Crippen molar-refractivity contribution >= 4 is 10.0 Å². The minimum absolute atomic E-state index is 0.189. The lowest BCUT2D eigenvalue weighted by atomic mass is 10.1. The van der Waals surface area contributed by atoms with E-state index < -0.39 is 10.0 Å². The molecule has 0 spiro atoms. The van der Waals surface area contributed by atoms with Crippen LogP contribution in [0, 0.1) is 27.7 Å². The van der Waals surface area contributed by atoms with Crippen LogP contribution in [0.4, 0.5) is 0 Å². The Morgan fingerprint density at radius 3 is 2.36 bits per heavy atom. The van der Waals surface area contributed by atoms with E-state index in [4.69, 9.17) is 4.74 Å². The Kier molecular flexibility index (Phi) is 4.68. The standard InChI is InChI=1S/C19H26N2O3S/c1-12-8-18(24-5)19(9-13(12)2)25(22,23)20-11-16-10-14(3)21(15(16)4)17-6-7-17/h8-10,17,20H,6-7,11H2,1-5H3. The Morgan fingerprint density at radius 2 is 1.76 bits per heavy atom. The Hall–Kier alpha value is -1.79. The first-order valence-corrected chi connectivity index (χ1v) is 10.0. The van der Waals surface area contributed by atoms with E-state index in [2.05, 4.69) is 29.2 Å². The van der Waals surface area contributed by atoms with Crippen molar-refractivity contribution in [2.75, 3.05) is 7.11 Å². The summed E-state index contributed by atoms with van der Waals surface area (Å²) in [6, 6.07) is 6.10. The fraction of sp³-hybridized carbons (Fsp3) is 0.474. The minimum atomic E-state index is -3.65. The summed E-state index contributed by atoms with van der Waals surface area (Å²) in [5.74, 6) is 0.374. The zero-order chi connectivity index (χ0) is 18.4. The lowest BCUT2D eigenvalue weighted by Crippen LogP contribution is -2.24. The van der Waals surface area contributed by atoms with Crippen LogP contribution in [-0.4, -0.2) is 20.1 Å². The van der Waals surface area contributed by atoms with Crippen LogP contribution in [-0.2, 0) is 16.6 Å². The third kappa shape index (κ3) is 3.46. The fourth-order valence-corrected chi connectivity index (χ4v) is 4.54. The molecule has 1 N–H and O–H groups in total. The van der Waals surface area contributed by atoms with Gasteiger partial charge in [0.15, 0.2) is 0 Å². The molecule has 1 aromatic heterocycles. The number of nitrogens with zero attached hydrogens (tertiary/aromatic N) is 1. The molecule has 0 bridgehead atoms. The Bertz CT molecular complexity index is 909. The van der Waals surface area contributed by atoms with Crippen LogP contribution >= 0.6 is 0 Å². The van der Waals surface area contributed by atoms with Gasteiger partial charge in [0.1, 0.15) is 10.6 Å². The monoisotopic (exact) mass is 362 g/mol. The molecule has 0 saturated heterocycles. The number of hydrogen-bond donors (Lipinski definition) is 1. The lowest BCUT2D eigenvalue weighted by Gasteiger charge is -2.13. The van der Waals surface area contributed by atoms with Crippen LogP contribution in [0.5, 0.6) is 5.75 Å². The Labute approximate surface area is 150 Å². The summed E-state index contributed by atoms with van der Waals surface area (Å²) in [5, 5.41) is 0. The normalized spacial score (nSPS) is 14.8. The van der Waals surface area contributed by atoms with E-state index in [0.717, 1.165) is 22.4 Å². The van der Waals surface area contributed by atoms with E-state index in [9.17, 15) is 8.42 Å². The van der Waals surface area contributed by atoms with Gasteiger partial charge in [0.25, 0.3) is 0 Å². The zero-order valence-electron chi connectivity index (χ0n) is 15.5. The van der Waals surface area contributed by atoms with E-state index in [0.29, 0.717) is 11.8 Å². The molecule has 0 unspecified atom stereocenters. The van der Waals surface area contributed by atoms with Crippen molar-refractivity contribution in [2.45, 2.75) is 58.0 Å². The maximum Gasteiger partial charge on any atom is 0.244 e.